The number of ketones is 5. The molecule has 10 rings (SSSR count). The number of fused-ring (bicyclic) bond motifs is 5. The van der Waals surface area contributed by atoms with Gasteiger partial charge in [-0.3, -0.25) is 53.5 Å². The highest BCUT2D eigenvalue weighted by Gasteiger charge is 2.47. The topological polar surface area (TPSA) is 222 Å². The monoisotopic (exact) mass is 1060 g/mol. The maximum absolute atomic E-state index is 12.1. The van der Waals surface area contributed by atoms with E-state index in [1.807, 2.05) is 68.6 Å². The molecular weight excluding hydrogens is 973 g/mol. The number of Topliss-reactive ketones (excluding diaryl/α,β-unsaturated/α-hetero) is 5. The van der Waals surface area contributed by atoms with Crippen molar-refractivity contribution in [1.82, 2.24) is 51.1 Å². The highest BCUT2D eigenvalue weighted by molar-refractivity contribution is 8.00. The number of thioether (sulfide) groups is 2. The Morgan fingerprint density at radius 1 is 0.425 bits per heavy atom. The number of carbonyl (C=O) groups is 8. The third kappa shape index (κ3) is 14.0. The number of nitrogens with zero attached hydrogens (tertiary/aromatic N) is 5. The van der Waals surface area contributed by atoms with Crippen LogP contribution in [0.15, 0.2) is 0 Å². The molecule has 15 unspecified atom stereocenters. The quantitative estimate of drug-likeness (QED) is 0.199. The molecule has 73 heavy (non-hydrogen) atoms. The number of carbonyl (C=O) groups excluding carboxylic acids is 8. The summed E-state index contributed by atoms with van der Waals surface area (Å²) in [6.45, 7) is 10.1. The number of rotatable bonds is 10. The SMILES string of the molecule is CNC1CCC2CCC(C(C)=O)C(=O)N21.CNC1CCC2CCC(C(C)=O)CN21.CNC1CCC2OCC(C(C)=O)C(=O)N12.CNC1CSC2CCC(C(C)=O)C(=O)N12.CNC1CSC2CCC(C(C)=O)CN12. The predicted octanol–water partition coefficient (Wildman–Crippen LogP) is 2.57. The van der Waals surface area contributed by atoms with Gasteiger partial charge in [0, 0.05) is 48.5 Å². The first-order chi connectivity index (χ1) is 34.9. The lowest BCUT2D eigenvalue weighted by Crippen LogP contribution is -2.55. The fourth-order valence-electron chi connectivity index (χ4n) is 12.7. The lowest BCUT2D eigenvalue weighted by Gasteiger charge is -2.37. The summed E-state index contributed by atoms with van der Waals surface area (Å²) < 4.78 is 5.52. The second-order valence-electron chi connectivity index (χ2n) is 21.5. The number of hydrogen-bond donors (Lipinski definition) is 5. The van der Waals surface area contributed by atoms with Gasteiger partial charge in [-0.1, -0.05) is 0 Å². The van der Waals surface area contributed by atoms with Crippen molar-refractivity contribution in [2.24, 2.45) is 29.6 Å². The molecule has 21 heteroatoms. The van der Waals surface area contributed by atoms with Crippen molar-refractivity contribution >= 4 is 70.2 Å². The average Bonchev–Trinajstić information content (AvgIpc) is 4.23. The van der Waals surface area contributed by atoms with Gasteiger partial charge in [0.25, 0.3) is 0 Å². The summed E-state index contributed by atoms with van der Waals surface area (Å²) in [5.74, 6) is 1.88. The highest BCUT2D eigenvalue weighted by atomic mass is 32.2. The maximum atomic E-state index is 12.1. The third-order valence-electron chi connectivity index (χ3n) is 17.2. The minimum atomic E-state index is -0.602. The molecule has 0 spiro atoms. The van der Waals surface area contributed by atoms with E-state index in [1.54, 1.807) is 18.7 Å². The van der Waals surface area contributed by atoms with Gasteiger partial charge >= 0.3 is 0 Å². The number of hydrogen-bond acceptors (Lipinski definition) is 18. The normalized spacial score (nSPS) is 36.5. The lowest BCUT2D eigenvalue weighted by atomic mass is 9.90. The van der Waals surface area contributed by atoms with E-state index in [2.05, 4.69) is 36.4 Å². The van der Waals surface area contributed by atoms with Gasteiger partial charge in [0.05, 0.1) is 60.0 Å². The van der Waals surface area contributed by atoms with E-state index < -0.39 is 11.8 Å². The summed E-state index contributed by atoms with van der Waals surface area (Å²) in [5.41, 5.74) is 0. The molecule has 0 bridgehead atoms. The standard InChI is InChI=1S/C11H18N2O2.C11H20N2O.C10H16N2O3.C10H16N2O2S.C10H18N2OS/c1-7(14)9-5-3-8-4-6-10(12-2)13(8)11(9)15;1-8(14)9-3-4-10-5-6-11(12-2)13(10)7-9;1-6(13)7-5-15-9-4-3-8(11-2)12(9)10(7)14;1-6(13)7-3-4-9-12(10(7)14)8(11-2)5-15-9;1-7(13)8-3-4-10-12(5-8)9(11-2)6-14-10/h8-10,12H,3-6H2,1-2H3;9-12H,3-7H2,1-2H3;2*7-9,11H,3-5H2,1-2H3;8-11H,3-6H2,1-2H3. The molecule has 0 aromatic carbocycles. The Morgan fingerprint density at radius 2 is 0.863 bits per heavy atom. The summed E-state index contributed by atoms with van der Waals surface area (Å²) >= 11 is 3.83. The van der Waals surface area contributed by atoms with Crippen molar-refractivity contribution in [2.45, 2.75) is 184 Å². The van der Waals surface area contributed by atoms with Crippen molar-refractivity contribution in [2.75, 3.05) is 66.4 Å². The molecule has 5 N–H and O–H groups in total. The molecule has 3 amide bonds. The summed E-state index contributed by atoms with van der Waals surface area (Å²) in [5, 5.41) is 16.9. The number of ether oxygens (including phenoxy) is 1. The molecule has 10 aliphatic heterocycles. The van der Waals surface area contributed by atoms with Gasteiger partial charge < -0.3 is 40.7 Å². The first kappa shape index (κ1) is 59.4. The van der Waals surface area contributed by atoms with E-state index in [4.69, 9.17) is 4.74 Å². The Labute approximate surface area is 443 Å². The number of nitrogens with one attached hydrogen (secondary N) is 5. The molecule has 10 aliphatic rings. The van der Waals surface area contributed by atoms with Crippen LogP contribution < -0.4 is 26.6 Å². The Kier molecular flexibility index (Phi) is 22.3. The van der Waals surface area contributed by atoms with Crippen LogP contribution in [0.1, 0.15) is 125 Å². The Morgan fingerprint density at radius 3 is 1.45 bits per heavy atom. The number of piperidine rings is 4. The molecule has 10 saturated heterocycles. The predicted molar refractivity (Wildman–Crippen MR) is 283 cm³/mol. The molecule has 19 nitrogen and oxygen atoms in total. The van der Waals surface area contributed by atoms with Gasteiger partial charge in [0.2, 0.25) is 17.7 Å². The Bertz CT molecular complexity index is 1750. The van der Waals surface area contributed by atoms with E-state index in [0.717, 1.165) is 94.8 Å². The van der Waals surface area contributed by atoms with Crippen molar-refractivity contribution in [3.05, 3.63) is 0 Å². The van der Waals surface area contributed by atoms with Gasteiger partial charge in [0.15, 0.2) is 0 Å². The molecule has 10 fully saturated rings. The van der Waals surface area contributed by atoms with Crippen LogP contribution in [0.5, 0.6) is 0 Å². The number of amides is 3. The van der Waals surface area contributed by atoms with Crippen molar-refractivity contribution < 1.29 is 43.1 Å². The summed E-state index contributed by atoms with van der Waals surface area (Å²) in [6, 6.07) is 1.11. The molecule has 0 radical (unpaired) electrons. The molecular formula is C52H88N10O9S2. The van der Waals surface area contributed by atoms with Crippen LogP contribution in [-0.4, -0.2) is 197 Å². The zero-order chi connectivity index (χ0) is 53.3. The van der Waals surface area contributed by atoms with Crippen LogP contribution in [0.2, 0.25) is 0 Å². The Hall–Kier alpha value is -2.86. The fourth-order valence-corrected chi connectivity index (χ4v) is 15.6. The van der Waals surface area contributed by atoms with Gasteiger partial charge in [-0.15, -0.1) is 23.5 Å². The van der Waals surface area contributed by atoms with Crippen LogP contribution >= 0.6 is 23.5 Å². The van der Waals surface area contributed by atoms with Crippen LogP contribution in [0, 0.1) is 29.6 Å². The van der Waals surface area contributed by atoms with Gasteiger partial charge in [0.1, 0.15) is 41.1 Å². The van der Waals surface area contributed by atoms with Crippen LogP contribution in [0.3, 0.4) is 0 Å². The third-order valence-corrected chi connectivity index (χ3v) is 19.9. The second kappa shape index (κ2) is 27.5. The van der Waals surface area contributed by atoms with Crippen molar-refractivity contribution in [3.8, 4) is 0 Å². The fraction of sp³-hybridized carbons (Fsp3) is 0.846. The Balaban J connectivity index is 0.000000149. The molecule has 15 atom stereocenters. The van der Waals surface area contributed by atoms with E-state index in [0.29, 0.717) is 41.2 Å². The van der Waals surface area contributed by atoms with Gasteiger partial charge in [-0.25, -0.2) is 0 Å². The van der Waals surface area contributed by atoms with E-state index >= 15 is 0 Å². The largest absolute Gasteiger partial charge is 0.357 e. The van der Waals surface area contributed by atoms with E-state index in [9.17, 15) is 38.4 Å². The molecule has 10 heterocycles. The van der Waals surface area contributed by atoms with E-state index in [1.165, 1.54) is 46.5 Å². The molecule has 0 aromatic heterocycles. The lowest BCUT2D eigenvalue weighted by molar-refractivity contribution is -0.171. The molecule has 412 valence electrons. The van der Waals surface area contributed by atoms with Gasteiger partial charge in [-0.05, 0) is 160 Å². The van der Waals surface area contributed by atoms with Crippen molar-refractivity contribution in [1.29, 1.82) is 0 Å². The van der Waals surface area contributed by atoms with Crippen molar-refractivity contribution in [3.63, 3.8) is 0 Å². The molecule has 0 saturated carbocycles. The van der Waals surface area contributed by atoms with Gasteiger partial charge in [-0.2, -0.15) is 0 Å². The minimum Gasteiger partial charge on any atom is -0.357 e. The van der Waals surface area contributed by atoms with E-state index in [-0.39, 0.29) is 83.6 Å². The zero-order valence-electron chi connectivity index (χ0n) is 45.3. The first-order valence-corrected chi connectivity index (χ1v) is 29.2. The summed E-state index contributed by atoms with van der Waals surface area (Å²) in [6.07, 6.45) is 15.4. The van der Waals surface area contributed by atoms with Crippen LogP contribution in [0.25, 0.3) is 0 Å². The molecule has 0 aromatic rings. The smallest absolute Gasteiger partial charge is 0.238 e. The second-order valence-corrected chi connectivity index (χ2v) is 23.9. The zero-order valence-corrected chi connectivity index (χ0v) is 47.0. The minimum absolute atomic E-state index is 0.00482. The summed E-state index contributed by atoms with van der Waals surface area (Å²) in [7, 11) is 9.57. The van der Waals surface area contributed by atoms with Crippen LogP contribution in [0.4, 0.5) is 0 Å². The van der Waals surface area contributed by atoms with Crippen LogP contribution in [-0.2, 0) is 43.1 Å². The molecule has 0 aliphatic carbocycles. The average molecular weight is 1060 g/mol. The summed E-state index contributed by atoms with van der Waals surface area (Å²) in [4.78, 5) is 103. The maximum Gasteiger partial charge on any atom is 0.238 e. The highest BCUT2D eigenvalue weighted by Crippen LogP contribution is 2.39. The first-order valence-electron chi connectivity index (χ1n) is 27.1.